The molecule has 1 aliphatic heterocycles. The highest BCUT2D eigenvalue weighted by Gasteiger charge is 2.38. The Balaban J connectivity index is 0.000000399. The quantitative estimate of drug-likeness (QED) is 0.768. The molecule has 1 saturated heterocycles. The molecule has 0 unspecified atom stereocenters. The number of carbonyl (C=O) groups excluding carboxylic acids is 1. The molecule has 19 heavy (non-hydrogen) atoms. The maximum Gasteiger partial charge on any atom is 0.490 e. The van der Waals surface area contributed by atoms with Gasteiger partial charge in [0.15, 0.2) is 0 Å². The van der Waals surface area contributed by atoms with Gasteiger partial charge in [-0.2, -0.15) is 13.2 Å². The molecule has 9 heteroatoms. The molecule has 0 aliphatic carbocycles. The van der Waals surface area contributed by atoms with Crippen molar-refractivity contribution in [2.45, 2.75) is 12.6 Å². The molecule has 0 atom stereocenters. The highest BCUT2D eigenvalue weighted by Crippen LogP contribution is 2.13. The fourth-order valence-corrected chi connectivity index (χ4v) is 1.26. The molecule has 0 saturated carbocycles. The first-order valence-electron chi connectivity index (χ1n) is 5.56. The lowest BCUT2D eigenvalue weighted by atomic mass is 10.3. The molecule has 0 aromatic carbocycles. The van der Waals surface area contributed by atoms with Crippen molar-refractivity contribution in [1.82, 2.24) is 10.2 Å². The molecule has 2 N–H and O–H groups in total. The van der Waals surface area contributed by atoms with E-state index in [1.807, 2.05) is 4.90 Å². The van der Waals surface area contributed by atoms with Crippen LogP contribution in [0.15, 0.2) is 0 Å². The summed E-state index contributed by atoms with van der Waals surface area (Å²) in [7, 11) is 1.62. The predicted octanol–water partition coefficient (Wildman–Crippen LogP) is 0.0880. The van der Waals surface area contributed by atoms with E-state index in [0.29, 0.717) is 13.0 Å². The van der Waals surface area contributed by atoms with E-state index in [2.05, 4.69) is 5.32 Å². The number of piperazine rings is 1. The Labute approximate surface area is 108 Å². The van der Waals surface area contributed by atoms with Crippen molar-refractivity contribution in [3.8, 4) is 0 Å². The first kappa shape index (κ1) is 17.6. The number of ether oxygens (including phenoxy) is 1. The van der Waals surface area contributed by atoms with Crippen LogP contribution in [0.25, 0.3) is 0 Å². The number of carbonyl (C=O) groups is 2. The first-order valence-corrected chi connectivity index (χ1v) is 5.56. The van der Waals surface area contributed by atoms with E-state index in [0.717, 1.165) is 26.2 Å². The largest absolute Gasteiger partial charge is 0.490 e. The van der Waals surface area contributed by atoms with Crippen LogP contribution in [0, 0.1) is 0 Å². The smallest absolute Gasteiger partial charge is 0.475 e. The van der Waals surface area contributed by atoms with Gasteiger partial charge in [-0.1, -0.05) is 0 Å². The van der Waals surface area contributed by atoms with E-state index in [-0.39, 0.29) is 5.91 Å². The summed E-state index contributed by atoms with van der Waals surface area (Å²) < 4.78 is 36.6. The summed E-state index contributed by atoms with van der Waals surface area (Å²) in [6.07, 6.45) is -4.57. The van der Waals surface area contributed by atoms with Crippen LogP contribution in [0.3, 0.4) is 0 Å². The summed E-state index contributed by atoms with van der Waals surface area (Å²) in [5.74, 6) is -2.55. The molecule has 1 amide bonds. The second-order valence-electron chi connectivity index (χ2n) is 3.68. The van der Waals surface area contributed by atoms with Gasteiger partial charge in [0.05, 0.1) is 13.0 Å². The summed E-state index contributed by atoms with van der Waals surface area (Å²) in [6.45, 7) is 4.03. The zero-order valence-corrected chi connectivity index (χ0v) is 10.5. The molecule has 0 spiro atoms. The second kappa shape index (κ2) is 8.70. The number of aliphatic carboxylic acids is 1. The minimum atomic E-state index is -5.08. The Morgan fingerprint density at radius 2 is 1.79 bits per heavy atom. The van der Waals surface area contributed by atoms with Gasteiger partial charge in [-0.05, 0) is 0 Å². The summed E-state index contributed by atoms with van der Waals surface area (Å²) >= 11 is 0. The maximum absolute atomic E-state index is 11.4. The molecule has 1 fully saturated rings. The number of rotatable bonds is 3. The van der Waals surface area contributed by atoms with Gasteiger partial charge in [0.1, 0.15) is 0 Å². The number of carboxylic acid groups (broad SMARTS) is 1. The van der Waals surface area contributed by atoms with Crippen LogP contribution in [-0.2, 0) is 14.3 Å². The molecule has 0 bridgehead atoms. The summed E-state index contributed by atoms with van der Waals surface area (Å²) in [5.41, 5.74) is 0. The van der Waals surface area contributed by atoms with Gasteiger partial charge >= 0.3 is 12.1 Å². The standard InChI is InChI=1S/C8H16N2O2.C2HF3O2/c1-12-7-2-8(11)10-5-3-9-4-6-10;3-2(4,5)1(6)7/h9H,2-7H2,1H3;(H,6,7). The fourth-order valence-electron chi connectivity index (χ4n) is 1.26. The predicted molar refractivity (Wildman–Crippen MR) is 59.6 cm³/mol. The number of carboxylic acids is 1. The van der Waals surface area contributed by atoms with Gasteiger partial charge in [-0.3, -0.25) is 4.79 Å². The van der Waals surface area contributed by atoms with Gasteiger partial charge < -0.3 is 20.1 Å². The molecular formula is C10H17F3N2O4. The van der Waals surface area contributed by atoms with Crippen molar-refractivity contribution in [2.24, 2.45) is 0 Å². The topological polar surface area (TPSA) is 78.9 Å². The molecular weight excluding hydrogens is 269 g/mol. The number of methoxy groups -OCH3 is 1. The maximum atomic E-state index is 11.4. The zero-order chi connectivity index (χ0) is 14.9. The molecule has 6 nitrogen and oxygen atoms in total. The monoisotopic (exact) mass is 286 g/mol. The van der Waals surface area contributed by atoms with Crippen molar-refractivity contribution < 1.29 is 32.6 Å². The highest BCUT2D eigenvalue weighted by atomic mass is 19.4. The Kier molecular flexibility index (Phi) is 8.08. The van der Waals surface area contributed by atoms with Crippen LogP contribution >= 0.6 is 0 Å². The van der Waals surface area contributed by atoms with Crippen molar-refractivity contribution in [2.75, 3.05) is 39.9 Å². The number of nitrogens with one attached hydrogen (secondary N) is 1. The Hall–Kier alpha value is -1.35. The Bertz CT molecular complexity index is 291. The van der Waals surface area contributed by atoms with Crippen LogP contribution in [0.4, 0.5) is 13.2 Å². The third kappa shape index (κ3) is 8.38. The van der Waals surface area contributed by atoms with Gasteiger partial charge in [-0.15, -0.1) is 0 Å². The number of hydrogen-bond donors (Lipinski definition) is 2. The van der Waals surface area contributed by atoms with E-state index in [4.69, 9.17) is 14.6 Å². The number of amides is 1. The molecule has 0 aromatic heterocycles. The molecule has 0 radical (unpaired) electrons. The SMILES string of the molecule is COCCC(=O)N1CCNCC1.O=C(O)C(F)(F)F. The summed E-state index contributed by atoms with van der Waals surface area (Å²) in [5, 5.41) is 10.3. The van der Waals surface area contributed by atoms with E-state index >= 15 is 0 Å². The molecule has 0 aromatic rings. The minimum absolute atomic E-state index is 0.207. The lowest BCUT2D eigenvalue weighted by Crippen LogP contribution is -2.46. The average Bonchev–Trinajstić information content (AvgIpc) is 2.36. The molecule has 1 aliphatic rings. The fraction of sp³-hybridized carbons (Fsp3) is 0.800. The van der Waals surface area contributed by atoms with E-state index in [9.17, 15) is 18.0 Å². The number of alkyl halides is 3. The van der Waals surface area contributed by atoms with Crippen molar-refractivity contribution >= 4 is 11.9 Å². The van der Waals surface area contributed by atoms with Crippen LogP contribution in [-0.4, -0.2) is 68.0 Å². The third-order valence-corrected chi connectivity index (χ3v) is 2.23. The van der Waals surface area contributed by atoms with E-state index in [1.54, 1.807) is 7.11 Å². The summed E-state index contributed by atoms with van der Waals surface area (Å²) in [6, 6.07) is 0. The summed E-state index contributed by atoms with van der Waals surface area (Å²) in [4.78, 5) is 22.2. The number of halogens is 3. The minimum Gasteiger partial charge on any atom is -0.475 e. The van der Waals surface area contributed by atoms with Crippen LogP contribution in [0.1, 0.15) is 6.42 Å². The van der Waals surface area contributed by atoms with Gasteiger partial charge in [0.25, 0.3) is 0 Å². The van der Waals surface area contributed by atoms with Gasteiger partial charge in [0, 0.05) is 33.3 Å². The molecule has 1 rings (SSSR count). The van der Waals surface area contributed by atoms with E-state index in [1.165, 1.54) is 0 Å². The second-order valence-corrected chi connectivity index (χ2v) is 3.68. The zero-order valence-electron chi connectivity index (χ0n) is 10.5. The van der Waals surface area contributed by atoms with Crippen molar-refractivity contribution in [3.63, 3.8) is 0 Å². The Morgan fingerprint density at radius 1 is 1.32 bits per heavy atom. The van der Waals surface area contributed by atoms with Crippen molar-refractivity contribution in [1.29, 1.82) is 0 Å². The van der Waals surface area contributed by atoms with Gasteiger partial charge in [-0.25, -0.2) is 4.79 Å². The first-order chi connectivity index (χ1) is 8.79. The van der Waals surface area contributed by atoms with Crippen LogP contribution < -0.4 is 5.32 Å². The normalized spacial score (nSPS) is 15.5. The molecule has 112 valence electrons. The van der Waals surface area contributed by atoms with Crippen LogP contribution in [0.2, 0.25) is 0 Å². The van der Waals surface area contributed by atoms with Crippen molar-refractivity contribution in [3.05, 3.63) is 0 Å². The van der Waals surface area contributed by atoms with E-state index < -0.39 is 12.1 Å². The van der Waals surface area contributed by atoms with Gasteiger partial charge in [0.2, 0.25) is 5.91 Å². The highest BCUT2D eigenvalue weighted by molar-refractivity contribution is 5.76. The lowest BCUT2D eigenvalue weighted by Gasteiger charge is -2.27. The Morgan fingerprint density at radius 3 is 2.16 bits per heavy atom. The van der Waals surface area contributed by atoms with Crippen LogP contribution in [0.5, 0.6) is 0 Å². The molecule has 1 heterocycles. The third-order valence-electron chi connectivity index (χ3n) is 2.23. The average molecular weight is 286 g/mol. The number of hydrogen-bond acceptors (Lipinski definition) is 4. The lowest BCUT2D eigenvalue weighted by molar-refractivity contribution is -0.192. The number of nitrogens with zero attached hydrogens (tertiary/aromatic N) is 1.